The van der Waals surface area contributed by atoms with Gasteiger partial charge in [-0.2, -0.15) is 0 Å². The molecule has 0 amide bonds. The second-order valence-electron chi connectivity index (χ2n) is 10.1. The lowest BCUT2D eigenvalue weighted by molar-refractivity contribution is 0.0268. The lowest BCUT2D eigenvalue weighted by Crippen LogP contribution is -2.37. The zero-order valence-electron chi connectivity index (χ0n) is 19.4. The maximum atomic E-state index is 13.1. The molecule has 2 atom stereocenters. The van der Waals surface area contributed by atoms with Crippen molar-refractivity contribution in [2.75, 3.05) is 31.7 Å². The van der Waals surface area contributed by atoms with E-state index in [0.29, 0.717) is 41.5 Å². The van der Waals surface area contributed by atoms with Crippen molar-refractivity contribution in [2.45, 2.75) is 56.8 Å². The van der Waals surface area contributed by atoms with Gasteiger partial charge in [0.05, 0.1) is 36.4 Å². The van der Waals surface area contributed by atoms with Gasteiger partial charge in [-0.1, -0.05) is 6.07 Å². The number of pyridine rings is 1. The van der Waals surface area contributed by atoms with Crippen molar-refractivity contribution in [1.29, 1.82) is 0 Å². The van der Waals surface area contributed by atoms with E-state index in [1.807, 2.05) is 12.1 Å². The molecule has 3 fully saturated rings. The highest BCUT2D eigenvalue weighted by Gasteiger charge is 2.39. The van der Waals surface area contributed by atoms with Crippen LogP contribution >= 0.6 is 0 Å². The standard InChI is InChI=1S/C26H29N5O3/c1-33-19-9-21(15-2-3-15)24-23(10-19)28-26(29-25(24)32)30-7-6-22-16(11-30)4-5-17(27-22)12-31-13-20-8-18(31)14-34-20/h4-5,9-10,15,18,20H,2-3,6-8,11-14H2,1H3,(H,28,29,32)/t18-,20?/m0/s1. The van der Waals surface area contributed by atoms with Gasteiger partial charge >= 0.3 is 0 Å². The van der Waals surface area contributed by atoms with Crippen LogP contribution in [0.2, 0.25) is 0 Å². The van der Waals surface area contributed by atoms with Gasteiger partial charge in [-0.15, -0.1) is 0 Å². The van der Waals surface area contributed by atoms with Crippen LogP contribution in [0, 0.1) is 0 Å². The Labute approximate surface area is 197 Å². The quantitative estimate of drug-likeness (QED) is 0.628. The third-order valence-corrected chi connectivity index (χ3v) is 7.84. The maximum absolute atomic E-state index is 13.1. The fourth-order valence-corrected chi connectivity index (χ4v) is 5.86. The highest BCUT2D eigenvalue weighted by Crippen LogP contribution is 2.43. The summed E-state index contributed by atoms with van der Waals surface area (Å²) in [5, 5.41) is 0.705. The molecule has 3 aromatic rings. The molecule has 1 saturated carbocycles. The minimum absolute atomic E-state index is 0.0623. The Bertz CT molecular complexity index is 1330. The average Bonchev–Trinajstić information content (AvgIpc) is 3.50. The molecule has 3 aliphatic heterocycles. The number of morpholine rings is 1. The summed E-state index contributed by atoms with van der Waals surface area (Å²) in [5.41, 5.74) is 5.21. The molecule has 1 unspecified atom stereocenters. The molecule has 2 saturated heterocycles. The van der Waals surface area contributed by atoms with Gasteiger partial charge in [-0.25, -0.2) is 4.98 Å². The number of H-pyrrole nitrogens is 1. The van der Waals surface area contributed by atoms with Crippen molar-refractivity contribution >= 4 is 16.9 Å². The average molecular weight is 460 g/mol. The Morgan fingerprint density at radius 2 is 2.15 bits per heavy atom. The number of rotatable bonds is 5. The number of aromatic amines is 1. The fraction of sp³-hybridized carbons (Fsp3) is 0.500. The SMILES string of the molecule is COc1cc(C2CC2)c2c(=O)[nH]c(N3CCc4nc(CN5CC6C[C@H]5CO6)ccc4C3)nc2c1. The second-order valence-corrected chi connectivity index (χ2v) is 10.1. The molecule has 1 aromatic carbocycles. The van der Waals surface area contributed by atoms with E-state index in [1.165, 1.54) is 5.56 Å². The summed E-state index contributed by atoms with van der Waals surface area (Å²) in [5.74, 6) is 1.82. The largest absolute Gasteiger partial charge is 0.497 e. The van der Waals surface area contributed by atoms with Crippen LogP contribution in [0.4, 0.5) is 5.95 Å². The Morgan fingerprint density at radius 3 is 2.91 bits per heavy atom. The Kier molecular flexibility index (Phi) is 4.67. The van der Waals surface area contributed by atoms with E-state index in [-0.39, 0.29) is 5.56 Å². The van der Waals surface area contributed by atoms with E-state index in [0.717, 1.165) is 74.6 Å². The molecule has 5 heterocycles. The summed E-state index contributed by atoms with van der Waals surface area (Å²) in [6.07, 6.45) is 4.65. The number of aromatic nitrogens is 3. The van der Waals surface area contributed by atoms with Crippen LogP contribution < -0.4 is 15.2 Å². The maximum Gasteiger partial charge on any atom is 0.260 e. The van der Waals surface area contributed by atoms with Gasteiger partial charge in [-0.05, 0) is 48.4 Å². The molecule has 0 radical (unpaired) electrons. The highest BCUT2D eigenvalue weighted by atomic mass is 16.5. The van der Waals surface area contributed by atoms with Gasteiger partial charge in [0.1, 0.15) is 5.75 Å². The number of ether oxygens (including phenoxy) is 2. The topological polar surface area (TPSA) is 83.6 Å². The van der Waals surface area contributed by atoms with Gasteiger partial charge in [0.2, 0.25) is 5.95 Å². The van der Waals surface area contributed by atoms with Crippen molar-refractivity contribution in [3.63, 3.8) is 0 Å². The third-order valence-electron chi connectivity index (χ3n) is 7.84. The van der Waals surface area contributed by atoms with Crippen molar-refractivity contribution in [3.8, 4) is 5.75 Å². The number of hydrogen-bond acceptors (Lipinski definition) is 7. The third kappa shape index (κ3) is 3.47. The number of benzene rings is 1. The summed E-state index contributed by atoms with van der Waals surface area (Å²) in [7, 11) is 1.66. The minimum Gasteiger partial charge on any atom is -0.497 e. The summed E-state index contributed by atoms with van der Waals surface area (Å²) in [4.78, 5) is 30.7. The highest BCUT2D eigenvalue weighted by molar-refractivity contribution is 5.85. The molecule has 2 aromatic heterocycles. The summed E-state index contributed by atoms with van der Waals surface area (Å²) < 4.78 is 11.2. The van der Waals surface area contributed by atoms with Gasteiger partial charge in [0.15, 0.2) is 0 Å². The number of fused-ring (bicyclic) bond motifs is 4. The molecule has 2 bridgehead atoms. The monoisotopic (exact) mass is 459 g/mol. The first-order chi connectivity index (χ1) is 16.6. The zero-order valence-corrected chi connectivity index (χ0v) is 19.4. The van der Waals surface area contributed by atoms with Crippen LogP contribution in [-0.2, 0) is 24.2 Å². The van der Waals surface area contributed by atoms with Crippen molar-refractivity contribution < 1.29 is 9.47 Å². The molecular formula is C26H29N5O3. The Morgan fingerprint density at radius 1 is 1.24 bits per heavy atom. The van der Waals surface area contributed by atoms with Gasteiger partial charge in [0.25, 0.3) is 5.56 Å². The molecule has 34 heavy (non-hydrogen) atoms. The molecular weight excluding hydrogens is 430 g/mol. The summed E-state index contributed by atoms with van der Waals surface area (Å²) >= 11 is 0. The predicted octanol–water partition coefficient (Wildman–Crippen LogP) is 2.74. The molecule has 0 spiro atoms. The number of methoxy groups -OCH3 is 1. The van der Waals surface area contributed by atoms with Crippen LogP contribution in [0.25, 0.3) is 10.9 Å². The number of nitrogens with zero attached hydrogens (tertiary/aromatic N) is 4. The molecule has 8 heteroatoms. The molecule has 1 N–H and O–H groups in total. The Balaban J connectivity index is 1.15. The first kappa shape index (κ1) is 20.4. The fourth-order valence-electron chi connectivity index (χ4n) is 5.86. The van der Waals surface area contributed by atoms with Crippen molar-refractivity contribution in [1.82, 2.24) is 19.9 Å². The zero-order chi connectivity index (χ0) is 22.8. The van der Waals surface area contributed by atoms with Crippen molar-refractivity contribution in [3.05, 3.63) is 57.1 Å². The lowest BCUT2D eigenvalue weighted by Gasteiger charge is -2.30. The van der Waals surface area contributed by atoms with E-state index in [2.05, 4.69) is 26.9 Å². The number of nitrogens with one attached hydrogen (secondary N) is 1. The van der Waals surface area contributed by atoms with E-state index in [4.69, 9.17) is 19.4 Å². The molecule has 8 nitrogen and oxygen atoms in total. The molecule has 176 valence electrons. The van der Waals surface area contributed by atoms with E-state index >= 15 is 0 Å². The number of anilines is 1. The molecule has 7 rings (SSSR count). The number of hydrogen-bond donors (Lipinski definition) is 1. The Hall–Kier alpha value is -2.97. The van der Waals surface area contributed by atoms with E-state index < -0.39 is 0 Å². The van der Waals surface area contributed by atoms with Crippen LogP contribution in [0.5, 0.6) is 5.75 Å². The minimum atomic E-state index is -0.0623. The number of likely N-dealkylation sites (tertiary alicyclic amines) is 1. The smallest absolute Gasteiger partial charge is 0.260 e. The van der Waals surface area contributed by atoms with Gasteiger partial charge in [0, 0.05) is 50.4 Å². The molecule has 1 aliphatic carbocycles. The predicted molar refractivity (Wildman–Crippen MR) is 128 cm³/mol. The van der Waals surface area contributed by atoms with Crippen molar-refractivity contribution in [2.24, 2.45) is 0 Å². The van der Waals surface area contributed by atoms with Crippen LogP contribution in [0.3, 0.4) is 0 Å². The van der Waals surface area contributed by atoms with E-state index in [1.54, 1.807) is 7.11 Å². The first-order valence-electron chi connectivity index (χ1n) is 12.3. The van der Waals surface area contributed by atoms with E-state index in [9.17, 15) is 4.79 Å². The first-order valence-corrected chi connectivity index (χ1v) is 12.3. The normalized spacial score (nSPS) is 24.1. The second kappa shape index (κ2) is 7.78. The van der Waals surface area contributed by atoms with Crippen LogP contribution in [-0.4, -0.2) is 58.8 Å². The van der Waals surface area contributed by atoms with Crippen LogP contribution in [0.15, 0.2) is 29.1 Å². The lowest BCUT2D eigenvalue weighted by atomic mass is 10.0. The summed E-state index contributed by atoms with van der Waals surface area (Å²) in [6.45, 7) is 4.24. The van der Waals surface area contributed by atoms with Gasteiger partial charge in [-0.3, -0.25) is 19.7 Å². The van der Waals surface area contributed by atoms with Gasteiger partial charge < -0.3 is 14.4 Å². The molecule has 4 aliphatic rings. The van der Waals surface area contributed by atoms with Crippen LogP contribution in [0.1, 0.15) is 47.7 Å². The summed E-state index contributed by atoms with van der Waals surface area (Å²) in [6, 6.07) is 8.77.